The quantitative estimate of drug-likeness (QED) is 0.756. The Balaban J connectivity index is 2.93. The first-order valence-electron chi connectivity index (χ1n) is 3.78. The summed E-state index contributed by atoms with van der Waals surface area (Å²) in [5.74, 6) is -0.529. The number of carboxylic acids is 1. The van der Waals surface area contributed by atoms with Crippen LogP contribution in [0.4, 0.5) is 0 Å². The van der Waals surface area contributed by atoms with Crippen LogP contribution in [0.15, 0.2) is 17.3 Å². The van der Waals surface area contributed by atoms with Crippen LogP contribution in [-0.2, 0) is 4.74 Å². The number of aromatic carboxylic acids is 1. The lowest BCUT2D eigenvalue weighted by Gasteiger charge is -2.05. The van der Waals surface area contributed by atoms with Gasteiger partial charge in [-0.1, -0.05) is 6.58 Å². The maximum Gasteiger partial charge on any atom is 0.337 e. The summed E-state index contributed by atoms with van der Waals surface area (Å²) in [7, 11) is 0. The third-order valence-electron chi connectivity index (χ3n) is 1.51. The molecule has 1 heterocycles. The molecule has 1 aromatic heterocycles. The second-order valence-corrected chi connectivity index (χ2v) is 3.10. The Morgan fingerprint density at radius 3 is 2.77 bits per heavy atom. The van der Waals surface area contributed by atoms with Gasteiger partial charge in [-0.25, -0.2) is 4.79 Å². The fourth-order valence-electron chi connectivity index (χ4n) is 0.931. The fourth-order valence-corrected chi connectivity index (χ4v) is 1.76. The lowest BCUT2D eigenvalue weighted by Crippen LogP contribution is -1.99. The van der Waals surface area contributed by atoms with Crippen molar-refractivity contribution in [3.8, 4) is 0 Å². The van der Waals surface area contributed by atoms with Crippen LogP contribution < -0.4 is 0 Å². The van der Waals surface area contributed by atoms with Gasteiger partial charge in [0.15, 0.2) is 0 Å². The number of thiophene rings is 1. The fraction of sp³-hybridized carbons (Fsp3) is 0.222. The van der Waals surface area contributed by atoms with Crippen LogP contribution in [0, 0.1) is 0 Å². The zero-order valence-electron chi connectivity index (χ0n) is 7.24. The predicted molar refractivity (Wildman–Crippen MR) is 51.9 cm³/mol. The Morgan fingerprint density at radius 2 is 2.23 bits per heavy atom. The van der Waals surface area contributed by atoms with Crippen LogP contribution in [0.1, 0.15) is 22.8 Å². The molecule has 13 heavy (non-hydrogen) atoms. The first-order chi connectivity index (χ1) is 6.16. The molecule has 3 nitrogen and oxygen atoms in total. The molecule has 0 atom stereocenters. The average molecular weight is 198 g/mol. The highest BCUT2D eigenvalue weighted by molar-refractivity contribution is 7.08. The largest absolute Gasteiger partial charge is 0.494 e. The normalized spacial score (nSPS) is 9.62. The van der Waals surface area contributed by atoms with Crippen molar-refractivity contribution in [2.75, 3.05) is 6.61 Å². The standard InChI is InChI=1S/C9H10O3S/c1-3-12-6(2)7-4-13-5-8(7)9(10)11/h4-5H,2-3H2,1H3,(H,10,11). The highest BCUT2D eigenvalue weighted by Crippen LogP contribution is 2.22. The van der Waals surface area contributed by atoms with E-state index in [-0.39, 0.29) is 5.56 Å². The Labute approximate surface area is 80.3 Å². The molecule has 1 N–H and O–H groups in total. The van der Waals surface area contributed by atoms with E-state index in [2.05, 4.69) is 6.58 Å². The first-order valence-corrected chi connectivity index (χ1v) is 4.72. The minimum atomic E-state index is -0.947. The number of carbonyl (C=O) groups is 1. The average Bonchev–Trinajstić information content (AvgIpc) is 2.52. The third kappa shape index (κ3) is 2.09. The molecule has 0 aromatic carbocycles. The molecule has 0 unspecified atom stereocenters. The summed E-state index contributed by atoms with van der Waals surface area (Å²) in [5.41, 5.74) is 0.822. The van der Waals surface area contributed by atoms with E-state index >= 15 is 0 Å². The van der Waals surface area contributed by atoms with Crippen molar-refractivity contribution in [1.82, 2.24) is 0 Å². The molecule has 4 heteroatoms. The van der Waals surface area contributed by atoms with Crippen LogP contribution in [-0.4, -0.2) is 17.7 Å². The molecule has 0 radical (unpaired) electrons. The second kappa shape index (κ2) is 4.09. The molecule has 0 saturated heterocycles. The van der Waals surface area contributed by atoms with Crippen molar-refractivity contribution in [2.24, 2.45) is 0 Å². The minimum absolute atomic E-state index is 0.253. The molecule has 0 bridgehead atoms. The van der Waals surface area contributed by atoms with Crippen molar-refractivity contribution in [3.63, 3.8) is 0 Å². The molecule has 0 aliphatic rings. The van der Waals surface area contributed by atoms with E-state index in [0.29, 0.717) is 17.9 Å². The molecular formula is C9H10O3S. The van der Waals surface area contributed by atoms with Gasteiger partial charge in [0.25, 0.3) is 0 Å². The summed E-state index contributed by atoms with van der Waals surface area (Å²) in [6.45, 7) is 5.98. The van der Waals surface area contributed by atoms with Gasteiger partial charge in [-0.15, -0.1) is 0 Å². The van der Waals surface area contributed by atoms with Crippen LogP contribution in [0.2, 0.25) is 0 Å². The summed E-state index contributed by atoms with van der Waals surface area (Å²) in [6.07, 6.45) is 0. The van der Waals surface area contributed by atoms with E-state index in [4.69, 9.17) is 9.84 Å². The van der Waals surface area contributed by atoms with Gasteiger partial charge >= 0.3 is 5.97 Å². The number of carboxylic acid groups (broad SMARTS) is 1. The third-order valence-corrected chi connectivity index (χ3v) is 2.25. The van der Waals surface area contributed by atoms with E-state index in [1.807, 2.05) is 6.92 Å². The van der Waals surface area contributed by atoms with Crippen molar-refractivity contribution in [3.05, 3.63) is 28.5 Å². The molecule has 0 saturated carbocycles. The van der Waals surface area contributed by atoms with Gasteiger partial charge in [-0.2, -0.15) is 11.3 Å². The molecule has 0 fully saturated rings. The summed E-state index contributed by atoms with van der Waals surface area (Å²) < 4.78 is 5.13. The highest BCUT2D eigenvalue weighted by Gasteiger charge is 2.13. The maximum absolute atomic E-state index is 10.7. The Hall–Kier alpha value is -1.29. The molecular weight excluding hydrogens is 188 g/mol. The van der Waals surface area contributed by atoms with Crippen molar-refractivity contribution < 1.29 is 14.6 Å². The summed E-state index contributed by atoms with van der Waals surface area (Å²) in [5, 5.41) is 12.1. The molecule has 1 rings (SSSR count). The smallest absolute Gasteiger partial charge is 0.337 e. The van der Waals surface area contributed by atoms with Crippen molar-refractivity contribution in [1.29, 1.82) is 0 Å². The van der Waals surface area contributed by atoms with Gasteiger partial charge in [0.05, 0.1) is 12.2 Å². The Kier molecular flexibility index (Phi) is 3.08. The molecule has 70 valence electrons. The summed E-state index contributed by atoms with van der Waals surface area (Å²) >= 11 is 1.33. The predicted octanol–water partition coefficient (Wildman–Crippen LogP) is 2.45. The van der Waals surface area contributed by atoms with Gasteiger partial charge in [-0.3, -0.25) is 0 Å². The lowest BCUT2D eigenvalue weighted by atomic mass is 10.2. The second-order valence-electron chi connectivity index (χ2n) is 2.36. The number of rotatable bonds is 4. The van der Waals surface area contributed by atoms with E-state index in [9.17, 15) is 4.79 Å². The summed E-state index contributed by atoms with van der Waals surface area (Å²) in [4.78, 5) is 10.7. The van der Waals surface area contributed by atoms with Gasteiger partial charge in [0.2, 0.25) is 0 Å². The Morgan fingerprint density at radius 1 is 1.62 bits per heavy atom. The van der Waals surface area contributed by atoms with Crippen LogP contribution in [0.5, 0.6) is 0 Å². The zero-order chi connectivity index (χ0) is 9.84. The SMILES string of the molecule is C=C(OCC)c1cscc1C(=O)O. The maximum atomic E-state index is 10.7. The number of ether oxygens (including phenoxy) is 1. The molecule has 0 spiro atoms. The van der Waals surface area contributed by atoms with Gasteiger partial charge in [0, 0.05) is 16.3 Å². The Bertz CT molecular complexity index is 327. The molecule has 1 aromatic rings. The number of hydrogen-bond donors (Lipinski definition) is 1. The minimum Gasteiger partial charge on any atom is -0.494 e. The van der Waals surface area contributed by atoms with Crippen LogP contribution in [0.25, 0.3) is 5.76 Å². The first kappa shape index (κ1) is 9.80. The lowest BCUT2D eigenvalue weighted by molar-refractivity contribution is 0.0696. The molecule has 0 amide bonds. The monoisotopic (exact) mass is 198 g/mol. The van der Waals surface area contributed by atoms with Crippen LogP contribution in [0.3, 0.4) is 0 Å². The summed E-state index contributed by atoms with van der Waals surface area (Å²) in [6, 6.07) is 0. The zero-order valence-corrected chi connectivity index (χ0v) is 8.06. The van der Waals surface area contributed by atoms with Crippen molar-refractivity contribution >= 4 is 23.1 Å². The van der Waals surface area contributed by atoms with Gasteiger partial charge in [-0.05, 0) is 6.92 Å². The molecule has 0 aliphatic carbocycles. The number of hydrogen-bond acceptors (Lipinski definition) is 3. The van der Waals surface area contributed by atoms with E-state index < -0.39 is 5.97 Å². The van der Waals surface area contributed by atoms with Gasteiger partial charge < -0.3 is 9.84 Å². The van der Waals surface area contributed by atoms with E-state index in [1.165, 1.54) is 11.3 Å². The van der Waals surface area contributed by atoms with Crippen molar-refractivity contribution in [2.45, 2.75) is 6.92 Å². The molecule has 0 aliphatic heterocycles. The van der Waals surface area contributed by atoms with E-state index in [0.717, 1.165) is 0 Å². The highest BCUT2D eigenvalue weighted by atomic mass is 32.1. The van der Waals surface area contributed by atoms with E-state index in [1.54, 1.807) is 10.8 Å². The van der Waals surface area contributed by atoms with Gasteiger partial charge in [0.1, 0.15) is 5.76 Å². The topological polar surface area (TPSA) is 46.5 Å². The van der Waals surface area contributed by atoms with Crippen LogP contribution >= 0.6 is 11.3 Å².